The highest BCUT2D eigenvalue weighted by Crippen LogP contribution is 2.30. The van der Waals surface area contributed by atoms with Crippen molar-refractivity contribution in [2.24, 2.45) is 0 Å². The summed E-state index contributed by atoms with van der Waals surface area (Å²) >= 11 is 0. The third-order valence-corrected chi connectivity index (χ3v) is 4.87. The average Bonchev–Trinajstić information content (AvgIpc) is 3.19. The Labute approximate surface area is 155 Å². The number of carbonyl (C=O) groups is 1. The number of benzene rings is 2. The molecule has 1 unspecified atom stereocenters. The summed E-state index contributed by atoms with van der Waals surface area (Å²) in [5.74, 6) is -0.0171. The highest BCUT2D eigenvalue weighted by molar-refractivity contribution is 5.94. The van der Waals surface area contributed by atoms with Crippen LogP contribution in [0.25, 0.3) is 11.3 Å². The van der Waals surface area contributed by atoms with Crippen molar-refractivity contribution >= 4 is 5.91 Å². The van der Waals surface area contributed by atoms with Gasteiger partial charge in [0.25, 0.3) is 5.91 Å². The molecular formula is C21H18F2N2O2. The van der Waals surface area contributed by atoms with Gasteiger partial charge in [-0.05, 0) is 61.4 Å². The summed E-state index contributed by atoms with van der Waals surface area (Å²) < 4.78 is 31.7. The van der Waals surface area contributed by atoms with Gasteiger partial charge in [0, 0.05) is 36.2 Å². The average molecular weight is 368 g/mol. The quantitative estimate of drug-likeness (QED) is 0.677. The monoisotopic (exact) mass is 368 g/mol. The van der Waals surface area contributed by atoms with Gasteiger partial charge in [-0.1, -0.05) is 5.16 Å². The molecule has 3 aromatic rings. The molecule has 27 heavy (non-hydrogen) atoms. The molecule has 1 fully saturated rings. The molecular weight excluding hydrogens is 350 g/mol. The maximum absolute atomic E-state index is 13.1. The molecule has 1 aromatic heterocycles. The second-order valence-corrected chi connectivity index (χ2v) is 6.72. The van der Waals surface area contributed by atoms with Crippen LogP contribution < -0.4 is 0 Å². The van der Waals surface area contributed by atoms with E-state index in [1.165, 1.54) is 36.4 Å². The van der Waals surface area contributed by atoms with Crippen molar-refractivity contribution in [2.45, 2.75) is 18.8 Å². The van der Waals surface area contributed by atoms with E-state index in [2.05, 4.69) is 5.16 Å². The summed E-state index contributed by atoms with van der Waals surface area (Å²) in [5, 5.41) is 4.09. The number of aromatic nitrogens is 1. The van der Waals surface area contributed by atoms with Gasteiger partial charge >= 0.3 is 0 Å². The van der Waals surface area contributed by atoms with Crippen molar-refractivity contribution in [1.82, 2.24) is 10.1 Å². The molecule has 1 aliphatic rings. The van der Waals surface area contributed by atoms with Gasteiger partial charge in [-0.2, -0.15) is 0 Å². The van der Waals surface area contributed by atoms with E-state index in [9.17, 15) is 13.6 Å². The minimum Gasteiger partial charge on any atom is -0.360 e. The molecule has 1 amide bonds. The molecule has 1 saturated heterocycles. The van der Waals surface area contributed by atoms with Crippen LogP contribution in [0.5, 0.6) is 0 Å². The first-order valence-electron chi connectivity index (χ1n) is 8.87. The lowest BCUT2D eigenvalue weighted by Gasteiger charge is -2.31. The first kappa shape index (κ1) is 17.4. The smallest absolute Gasteiger partial charge is 0.253 e. The van der Waals surface area contributed by atoms with E-state index >= 15 is 0 Å². The molecule has 0 aliphatic carbocycles. The third kappa shape index (κ3) is 3.74. The lowest BCUT2D eigenvalue weighted by Crippen LogP contribution is -2.39. The van der Waals surface area contributed by atoms with Gasteiger partial charge in [0.2, 0.25) is 0 Å². The number of nitrogens with zero attached hydrogens (tertiary/aromatic N) is 2. The fraction of sp³-hybridized carbons (Fsp3) is 0.238. The van der Waals surface area contributed by atoms with Crippen molar-refractivity contribution < 1.29 is 18.1 Å². The van der Waals surface area contributed by atoms with Crippen LogP contribution in [0.1, 0.15) is 34.9 Å². The molecule has 1 aliphatic heterocycles. The Morgan fingerprint density at radius 2 is 1.70 bits per heavy atom. The second-order valence-electron chi connectivity index (χ2n) is 6.72. The van der Waals surface area contributed by atoms with Gasteiger partial charge in [-0.25, -0.2) is 8.78 Å². The number of rotatable bonds is 3. The van der Waals surface area contributed by atoms with Crippen LogP contribution in [-0.4, -0.2) is 29.1 Å². The van der Waals surface area contributed by atoms with E-state index in [0.29, 0.717) is 30.1 Å². The molecule has 4 rings (SSSR count). The topological polar surface area (TPSA) is 46.3 Å². The SMILES string of the molecule is O=C(c1ccc(F)cc1)N1CCCC(c2cc(-c3ccc(F)cc3)no2)C1. The summed E-state index contributed by atoms with van der Waals surface area (Å²) in [6.45, 7) is 1.18. The maximum Gasteiger partial charge on any atom is 0.253 e. The Balaban J connectivity index is 1.49. The van der Waals surface area contributed by atoms with Gasteiger partial charge in [0.1, 0.15) is 23.1 Å². The number of piperidine rings is 1. The highest BCUT2D eigenvalue weighted by Gasteiger charge is 2.28. The van der Waals surface area contributed by atoms with Crippen LogP contribution in [0.4, 0.5) is 8.78 Å². The maximum atomic E-state index is 13.1. The molecule has 2 aromatic carbocycles. The predicted octanol–water partition coefficient (Wildman–Crippen LogP) is 4.64. The molecule has 138 valence electrons. The summed E-state index contributed by atoms with van der Waals surface area (Å²) in [6, 6.07) is 13.5. The van der Waals surface area contributed by atoms with Crippen LogP contribution in [0, 0.1) is 11.6 Å². The predicted molar refractivity (Wildman–Crippen MR) is 96.2 cm³/mol. The highest BCUT2D eigenvalue weighted by atomic mass is 19.1. The molecule has 0 bridgehead atoms. The number of hydrogen-bond donors (Lipinski definition) is 0. The summed E-state index contributed by atoms with van der Waals surface area (Å²) in [6.07, 6.45) is 1.75. The molecule has 0 spiro atoms. The number of amides is 1. The molecule has 6 heteroatoms. The number of halogens is 2. The zero-order valence-corrected chi connectivity index (χ0v) is 14.6. The van der Waals surface area contributed by atoms with Crippen LogP contribution >= 0.6 is 0 Å². The van der Waals surface area contributed by atoms with Gasteiger partial charge in [0.05, 0.1) is 0 Å². The molecule has 0 saturated carbocycles. The van der Waals surface area contributed by atoms with Crippen molar-refractivity contribution in [2.75, 3.05) is 13.1 Å². The molecule has 1 atom stereocenters. The van der Waals surface area contributed by atoms with Crippen LogP contribution in [0.15, 0.2) is 59.1 Å². The van der Waals surface area contributed by atoms with E-state index in [-0.39, 0.29) is 23.5 Å². The lowest BCUT2D eigenvalue weighted by atomic mass is 9.94. The largest absolute Gasteiger partial charge is 0.360 e. The minimum atomic E-state index is -0.363. The first-order valence-corrected chi connectivity index (χ1v) is 8.87. The zero-order chi connectivity index (χ0) is 18.8. The third-order valence-electron chi connectivity index (χ3n) is 4.87. The van der Waals surface area contributed by atoms with Crippen LogP contribution in [0.2, 0.25) is 0 Å². The Morgan fingerprint density at radius 1 is 1.04 bits per heavy atom. The van der Waals surface area contributed by atoms with Crippen molar-refractivity contribution in [1.29, 1.82) is 0 Å². The number of carbonyl (C=O) groups excluding carboxylic acids is 1. The van der Waals surface area contributed by atoms with Crippen molar-refractivity contribution in [3.63, 3.8) is 0 Å². The van der Waals surface area contributed by atoms with E-state index in [4.69, 9.17) is 4.52 Å². The summed E-state index contributed by atoms with van der Waals surface area (Å²) in [7, 11) is 0. The zero-order valence-electron chi connectivity index (χ0n) is 14.6. The van der Waals surface area contributed by atoms with Crippen LogP contribution in [0.3, 0.4) is 0 Å². The fourth-order valence-corrected chi connectivity index (χ4v) is 3.41. The normalized spacial score (nSPS) is 17.1. The van der Waals surface area contributed by atoms with Gasteiger partial charge < -0.3 is 9.42 Å². The van der Waals surface area contributed by atoms with E-state index < -0.39 is 0 Å². The van der Waals surface area contributed by atoms with Gasteiger partial charge in [0.15, 0.2) is 0 Å². The standard InChI is InChI=1S/C21H18F2N2O2/c22-17-7-3-14(4-8-17)19-12-20(27-24-19)16-2-1-11-25(13-16)21(26)15-5-9-18(23)10-6-15/h3-10,12,16H,1-2,11,13H2. The molecule has 2 heterocycles. The molecule has 0 radical (unpaired) electrons. The van der Waals surface area contributed by atoms with Gasteiger partial charge in [-0.15, -0.1) is 0 Å². The fourth-order valence-electron chi connectivity index (χ4n) is 3.41. The Hall–Kier alpha value is -3.02. The number of hydrogen-bond acceptors (Lipinski definition) is 3. The molecule has 0 N–H and O–H groups in total. The van der Waals surface area contributed by atoms with E-state index in [1.807, 2.05) is 6.07 Å². The van der Waals surface area contributed by atoms with Crippen molar-refractivity contribution in [3.05, 3.63) is 77.6 Å². The Morgan fingerprint density at radius 3 is 2.41 bits per heavy atom. The summed E-state index contributed by atoms with van der Waals surface area (Å²) in [5.41, 5.74) is 1.90. The number of likely N-dealkylation sites (tertiary alicyclic amines) is 1. The van der Waals surface area contributed by atoms with Gasteiger partial charge in [-0.3, -0.25) is 4.79 Å². The Bertz CT molecular complexity index is 936. The van der Waals surface area contributed by atoms with Crippen molar-refractivity contribution in [3.8, 4) is 11.3 Å². The van der Waals surface area contributed by atoms with E-state index in [0.717, 1.165) is 18.4 Å². The lowest BCUT2D eigenvalue weighted by molar-refractivity contribution is 0.0697. The Kier molecular flexibility index (Phi) is 4.71. The first-order chi connectivity index (χ1) is 13.1. The molecule has 4 nitrogen and oxygen atoms in total. The summed E-state index contributed by atoms with van der Waals surface area (Å²) in [4.78, 5) is 14.4. The second kappa shape index (κ2) is 7.31. The van der Waals surface area contributed by atoms with Crippen LogP contribution in [-0.2, 0) is 0 Å². The van der Waals surface area contributed by atoms with E-state index in [1.54, 1.807) is 17.0 Å². The minimum absolute atomic E-state index is 0.0462.